The third-order valence-electron chi connectivity index (χ3n) is 3.83. The van der Waals surface area contributed by atoms with Gasteiger partial charge in [-0.1, -0.05) is 39.5 Å². The lowest BCUT2D eigenvalue weighted by Crippen LogP contribution is -2.01. The lowest BCUT2D eigenvalue weighted by Gasteiger charge is -2.13. The van der Waals surface area contributed by atoms with Crippen molar-refractivity contribution in [1.29, 1.82) is 0 Å². The van der Waals surface area contributed by atoms with Crippen LogP contribution < -0.4 is 0 Å². The second-order valence-electron chi connectivity index (χ2n) is 6.78. The van der Waals surface area contributed by atoms with Gasteiger partial charge in [0.1, 0.15) is 0 Å². The van der Waals surface area contributed by atoms with Crippen LogP contribution in [0.5, 0.6) is 0 Å². The first-order valence-corrected chi connectivity index (χ1v) is 8.49. The monoisotopic (exact) mass is 294 g/mol. The average Bonchev–Trinajstić information content (AvgIpc) is 2.45. The molecule has 0 heteroatoms. The smallest absolute Gasteiger partial charge is 0.0280 e. The van der Waals surface area contributed by atoms with Crippen LogP contribution in [0.15, 0.2) is 12.1 Å². The Labute approximate surface area is 137 Å². The van der Waals surface area contributed by atoms with Crippen molar-refractivity contribution < 1.29 is 0 Å². The van der Waals surface area contributed by atoms with Crippen molar-refractivity contribution in [2.24, 2.45) is 11.8 Å². The Morgan fingerprint density at radius 2 is 1.09 bits per heavy atom. The molecule has 1 aromatic carbocycles. The molecule has 0 amide bonds. The Kier molecular flexibility index (Phi) is 7.84. The Bertz CT molecular complexity index is 539. The molecule has 0 saturated carbocycles. The number of hydrogen-bond acceptors (Lipinski definition) is 0. The van der Waals surface area contributed by atoms with Crippen molar-refractivity contribution in [3.63, 3.8) is 0 Å². The van der Waals surface area contributed by atoms with Crippen LogP contribution in [0.2, 0.25) is 0 Å². The van der Waals surface area contributed by atoms with Crippen LogP contribution in [-0.2, 0) is 12.8 Å². The van der Waals surface area contributed by atoms with E-state index in [0.29, 0.717) is 11.8 Å². The van der Waals surface area contributed by atoms with Crippen LogP contribution in [0.4, 0.5) is 0 Å². The van der Waals surface area contributed by atoms with Crippen molar-refractivity contribution in [2.75, 3.05) is 0 Å². The minimum atomic E-state index is 0.712. The van der Waals surface area contributed by atoms with Crippen molar-refractivity contribution >= 4 is 0 Å². The predicted octanol–water partition coefficient (Wildman–Crippen LogP) is 5.61. The molecule has 0 fully saturated rings. The maximum atomic E-state index is 3.30. The van der Waals surface area contributed by atoms with E-state index in [0.717, 1.165) is 12.8 Å². The summed E-state index contributed by atoms with van der Waals surface area (Å²) in [7, 11) is 0. The Hall–Kier alpha value is -1.66. The van der Waals surface area contributed by atoms with Crippen molar-refractivity contribution in [1.82, 2.24) is 0 Å². The van der Waals surface area contributed by atoms with Crippen molar-refractivity contribution in [2.45, 2.75) is 67.2 Å². The Morgan fingerprint density at radius 1 is 0.727 bits per heavy atom. The fraction of sp³-hybridized carbons (Fsp3) is 0.545. The predicted molar refractivity (Wildman–Crippen MR) is 97.9 cm³/mol. The molecule has 0 nitrogen and oxygen atoms in total. The summed E-state index contributed by atoms with van der Waals surface area (Å²) in [5.41, 5.74) is 5.11. The summed E-state index contributed by atoms with van der Waals surface area (Å²) in [6, 6.07) is 4.57. The molecule has 22 heavy (non-hydrogen) atoms. The minimum Gasteiger partial charge on any atom is -0.101 e. The maximum Gasteiger partial charge on any atom is 0.0280 e. The molecule has 0 radical (unpaired) electrons. The molecule has 0 saturated heterocycles. The first-order chi connectivity index (χ1) is 10.5. The second-order valence-corrected chi connectivity index (χ2v) is 6.78. The molecule has 0 spiro atoms. The van der Waals surface area contributed by atoms with E-state index in [9.17, 15) is 0 Å². The standard InChI is InChI=1S/C22H30/c1-7-9-19-15-22(14-12-18(5)6)20(10-8-2)16-21(19)13-11-17(3)4/h15-18H,11-14H2,1-6H3. The average molecular weight is 294 g/mol. The lowest BCUT2D eigenvalue weighted by molar-refractivity contribution is 0.583. The zero-order chi connectivity index (χ0) is 16.5. The van der Waals surface area contributed by atoms with Crippen LogP contribution in [0.3, 0.4) is 0 Å². The van der Waals surface area contributed by atoms with Crippen LogP contribution >= 0.6 is 0 Å². The molecule has 1 rings (SSSR count). The zero-order valence-corrected chi connectivity index (χ0v) is 15.1. The van der Waals surface area contributed by atoms with Crippen molar-refractivity contribution in [3.05, 3.63) is 34.4 Å². The summed E-state index contributed by atoms with van der Waals surface area (Å²) in [4.78, 5) is 0. The quantitative estimate of drug-likeness (QED) is 0.598. The van der Waals surface area contributed by atoms with E-state index in [1.54, 1.807) is 0 Å². The zero-order valence-electron chi connectivity index (χ0n) is 15.1. The van der Waals surface area contributed by atoms with Gasteiger partial charge in [0.15, 0.2) is 0 Å². The third kappa shape index (κ3) is 5.99. The highest BCUT2D eigenvalue weighted by Crippen LogP contribution is 2.22. The van der Waals surface area contributed by atoms with Crippen molar-refractivity contribution in [3.8, 4) is 23.7 Å². The van der Waals surface area contributed by atoms with Gasteiger partial charge in [0.2, 0.25) is 0 Å². The van der Waals surface area contributed by atoms with Gasteiger partial charge in [-0.2, -0.15) is 0 Å². The van der Waals surface area contributed by atoms with Gasteiger partial charge in [-0.3, -0.25) is 0 Å². The SMILES string of the molecule is CC#Cc1cc(CCC(C)C)c(C#CC)cc1CCC(C)C. The Balaban J connectivity index is 3.22. The summed E-state index contributed by atoms with van der Waals surface area (Å²) >= 11 is 0. The summed E-state index contributed by atoms with van der Waals surface area (Å²) in [5, 5.41) is 0. The van der Waals surface area contributed by atoms with Gasteiger partial charge in [0, 0.05) is 11.1 Å². The highest BCUT2D eigenvalue weighted by atomic mass is 14.1. The molecule has 0 aromatic heterocycles. The van der Waals surface area contributed by atoms with Crippen LogP contribution in [0, 0.1) is 35.5 Å². The molecular weight excluding hydrogens is 264 g/mol. The van der Waals surface area contributed by atoms with E-state index in [1.165, 1.54) is 35.1 Å². The van der Waals surface area contributed by atoms with Gasteiger partial charge >= 0.3 is 0 Å². The molecule has 0 atom stereocenters. The highest BCUT2D eigenvalue weighted by Gasteiger charge is 2.09. The molecule has 0 unspecified atom stereocenters. The molecule has 0 aliphatic carbocycles. The van der Waals surface area contributed by atoms with Crippen LogP contribution in [0.1, 0.15) is 76.6 Å². The van der Waals surface area contributed by atoms with Gasteiger partial charge in [0.05, 0.1) is 0 Å². The van der Waals surface area contributed by atoms with Crippen LogP contribution in [-0.4, -0.2) is 0 Å². The van der Waals surface area contributed by atoms with E-state index in [1.807, 2.05) is 13.8 Å². The maximum absolute atomic E-state index is 3.30. The summed E-state index contributed by atoms with van der Waals surface area (Å²) in [6.07, 6.45) is 4.57. The molecule has 0 bridgehead atoms. The van der Waals surface area contributed by atoms with E-state index in [4.69, 9.17) is 0 Å². The highest BCUT2D eigenvalue weighted by molar-refractivity contribution is 5.52. The van der Waals surface area contributed by atoms with E-state index in [-0.39, 0.29) is 0 Å². The van der Waals surface area contributed by atoms with Gasteiger partial charge in [0.25, 0.3) is 0 Å². The fourth-order valence-corrected chi connectivity index (χ4v) is 2.49. The van der Waals surface area contributed by atoms with Gasteiger partial charge in [-0.05, 0) is 74.6 Å². The first-order valence-electron chi connectivity index (χ1n) is 8.49. The molecule has 1 aromatic rings. The number of benzene rings is 1. The molecule has 0 heterocycles. The summed E-state index contributed by atoms with van der Waals surface area (Å²) in [6.45, 7) is 12.9. The lowest BCUT2D eigenvalue weighted by atomic mass is 9.91. The fourth-order valence-electron chi connectivity index (χ4n) is 2.49. The second kappa shape index (κ2) is 9.38. The summed E-state index contributed by atoms with van der Waals surface area (Å²) in [5.74, 6) is 14.2. The number of hydrogen-bond donors (Lipinski definition) is 0. The van der Waals surface area contributed by atoms with Gasteiger partial charge in [-0.15, -0.1) is 11.8 Å². The van der Waals surface area contributed by atoms with Crippen LogP contribution in [0.25, 0.3) is 0 Å². The Morgan fingerprint density at radius 3 is 1.36 bits per heavy atom. The van der Waals surface area contributed by atoms with Gasteiger partial charge in [-0.25, -0.2) is 0 Å². The minimum absolute atomic E-state index is 0.712. The normalized spacial score (nSPS) is 10.2. The largest absolute Gasteiger partial charge is 0.101 e. The topological polar surface area (TPSA) is 0 Å². The summed E-state index contributed by atoms with van der Waals surface area (Å²) < 4.78 is 0. The van der Waals surface area contributed by atoms with Gasteiger partial charge < -0.3 is 0 Å². The first kappa shape index (κ1) is 18.4. The third-order valence-corrected chi connectivity index (χ3v) is 3.83. The molecule has 0 N–H and O–H groups in total. The molecule has 118 valence electrons. The molecular formula is C22H30. The number of aryl methyl sites for hydroxylation is 2. The van der Waals surface area contributed by atoms with E-state index >= 15 is 0 Å². The molecule has 0 aliphatic heterocycles. The van der Waals surface area contributed by atoms with E-state index < -0.39 is 0 Å². The molecule has 0 aliphatic rings. The van der Waals surface area contributed by atoms with E-state index in [2.05, 4.69) is 63.5 Å². The number of rotatable bonds is 6.